The molecule has 3 aromatic rings. The van der Waals surface area contributed by atoms with Crippen molar-refractivity contribution in [3.63, 3.8) is 0 Å². The highest BCUT2D eigenvalue weighted by Crippen LogP contribution is 2.30. The summed E-state index contributed by atoms with van der Waals surface area (Å²) in [5.74, 6) is 2.18. The fraction of sp³-hybridized carbons (Fsp3) is 0.261. The van der Waals surface area contributed by atoms with Gasteiger partial charge >= 0.3 is 0 Å². The second kappa shape index (κ2) is 8.87. The SMILES string of the molecule is CC(C)CC(C)NC(=O)c1ccc(-c2ccc(Oc3ccccc3)cc2)s1. The molecule has 1 aromatic heterocycles. The standard InChI is InChI=1S/C23H25NO2S/c1-16(2)15-17(3)24-23(25)22-14-13-21(27-22)18-9-11-20(12-10-18)26-19-7-5-4-6-8-19/h4-14,16-17H,15H2,1-3H3,(H,24,25). The first-order chi connectivity index (χ1) is 13.0. The minimum Gasteiger partial charge on any atom is -0.457 e. The summed E-state index contributed by atoms with van der Waals surface area (Å²) in [6, 6.07) is 21.7. The molecule has 1 N–H and O–H groups in total. The first-order valence-corrected chi connectivity index (χ1v) is 10.1. The van der Waals surface area contributed by atoms with Crippen molar-refractivity contribution in [2.75, 3.05) is 0 Å². The van der Waals surface area contributed by atoms with Crippen molar-refractivity contribution in [1.29, 1.82) is 0 Å². The van der Waals surface area contributed by atoms with Gasteiger partial charge in [-0.05, 0) is 73.4 Å². The maximum absolute atomic E-state index is 12.4. The molecule has 0 aliphatic heterocycles. The molecular formula is C23H25NO2S. The second-order valence-electron chi connectivity index (χ2n) is 7.11. The van der Waals surface area contributed by atoms with Crippen LogP contribution in [0.15, 0.2) is 66.7 Å². The lowest BCUT2D eigenvalue weighted by Gasteiger charge is -2.15. The number of carbonyl (C=O) groups is 1. The van der Waals surface area contributed by atoms with E-state index in [0.29, 0.717) is 5.92 Å². The Bertz CT molecular complexity index is 869. The van der Waals surface area contributed by atoms with Gasteiger partial charge in [0.05, 0.1) is 4.88 Å². The van der Waals surface area contributed by atoms with Crippen molar-refractivity contribution >= 4 is 17.2 Å². The summed E-state index contributed by atoms with van der Waals surface area (Å²) in [5.41, 5.74) is 1.08. The number of nitrogens with one attached hydrogen (secondary N) is 1. The van der Waals surface area contributed by atoms with Gasteiger partial charge in [-0.1, -0.05) is 32.0 Å². The summed E-state index contributed by atoms with van der Waals surface area (Å²) < 4.78 is 5.83. The molecule has 3 nitrogen and oxygen atoms in total. The molecule has 1 amide bonds. The maximum atomic E-state index is 12.4. The van der Waals surface area contributed by atoms with E-state index in [0.717, 1.165) is 33.2 Å². The normalized spacial score (nSPS) is 12.0. The van der Waals surface area contributed by atoms with Gasteiger partial charge < -0.3 is 10.1 Å². The quantitative estimate of drug-likeness (QED) is 0.518. The van der Waals surface area contributed by atoms with E-state index in [4.69, 9.17) is 4.74 Å². The van der Waals surface area contributed by atoms with E-state index in [2.05, 4.69) is 26.1 Å². The third-order valence-corrected chi connectivity index (χ3v) is 5.28. The number of hydrogen-bond donors (Lipinski definition) is 1. The summed E-state index contributed by atoms with van der Waals surface area (Å²) >= 11 is 1.51. The highest BCUT2D eigenvalue weighted by atomic mass is 32.1. The Morgan fingerprint density at radius 1 is 0.926 bits per heavy atom. The average molecular weight is 380 g/mol. The van der Waals surface area contributed by atoms with Gasteiger partial charge in [0.2, 0.25) is 0 Å². The van der Waals surface area contributed by atoms with Gasteiger partial charge in [0.1, 0.15) is 11.5 Å². The number of benzene rings is 2. The van der Waals surface area contributed by atoms with Crippen LogP contribution >= 0.6 is 11.3 Å². The Morgan fingerprint density at radius 2 is 1.59 bits per heavy atom. The third kappa shape index (κ3) is 5.44. The van der Waals surface area contributed by atoms with E-state index in [1.54, 1.807) is 0 Å². The Labute approximate surface area is 165 Å². The topological polar surface area (TPSA) is 38.3 Å². The van der Waals surface area contributed by atoms with Crippen LogP contribution in [-0.4, -0.2) is 11.9 Å². The number of para-hydroxylation sites is 1. The van der Waals surface area contributed by atoms with Crippen molar-refractivity contribution in [1.82, 2.24) is 5.32 Å². The summed E-state index contributed by atoms with van der Waals surface area (Å²) in [7, 11) is 0. The van der Waals surface area contributed by atoms with Crippen molar-refractivity contribution in [2.45, 2.75) is 33.2 Å². The summed E-state index contributed by atoms with van der Waals surface area (Å²) in [6.07, 6.45) is 0.979. The molecule has 0 saturated carbocycles. The third-order valence-electron chi connectivity index (χ3n) is 4.15. The Balaban J connectivity index is 1.64. The molecule has 140 valence electrons. The molecule has 4 heteroatoms. The number of thiophene rings is 1. The minimum absolute atomic E-state index is 0.00318. The van der Waals surface area contributed by atoms with E-state index < -0.39 is 0 Å². The first kappa shape index (κ1) is 19.2. The van der Waals surface area contributed by atoms with Gasteiger partial charge in [-0.15, -0.1) is 11.3 Å². The lowest BCUT2D eigenvalue weighted by Crippen LogP contribution is -2.32. The molecule has 0 bridgehead atoms. The molecular weight excluding hydrogens is 354 g/mol. The highest BCUT2D eigenvalue weighted by Gasteiger charge is 2.14. The van der Waals surface area contributed by atoms with Crippen molar-refractivity contribution in [3.05, 3.63) is 71.6 Å². The first-order valence-electron chi connectivity index (χ1n) is 9.25. The molecule has 1 heterocycles. The molecule has 1 unspecified atom stereocenters. The van der Waals surface area contributed by atoms with Gasteiger partial charge in [0, 0.05) is 10.9 Å². The fourth-order valence-corrected chi connectivity index (χ4v) is 3.90. The number of carbonyl (C=O) groups excluding carboxylic acids is 1. The molecule has 0 spiro atoms. The van der Waals surface area contributed by atoms with Gasteiger partial charge in [-0.25, -0.2) is 0 Å². The molecule has 2 aromatic carbocycles. The van der Waals surface area contributed by atoms with Gasteiger partial charge in [-0.3, -0.25) is 4.79 Å². The molecule has 0 aliphatic rings. The van der Waals surface area contributed by atoms with Crippen LogP contribution in [0.1, 0.15) is 36.9 Å². The molecule has 0 radical (unpaired) electrons. The molecule has 0 fully saturated rings. The molecule has 0 saturated heterocycles. The molecule has 3 rings (SSSR count). The van der Waals surface area contributed by atoms with E-state index in [1.165, 1.54) is 11.3 Å². The van der Waals surface area contributed by atoms with Crippen molar-refractivity contribution in [2.24, 2.45) is 5.92 Å². The largest absolute Gasteiger partial charge is 0.457 e. The van der Waals surface area contributed by atoms with Crippen LogP contribution in [0.4, 0.5) is 0 Å². The number of rotatable bonds is 7. The summed E-state index contributed by atoms with van der Waals surface area (Å²) in [4.78, 5) is 14.2. The van der Waals surface area contributed by atoms with Crippen molar-refractivity contribution < 1.29 is 9.53 Å². The highest BCUT2D eigenvalue weighted by molar-refractivity contribution is 7.17. The van der Waals surface area contributed by atoms with Gasteiger partial charge in [0.15, 0.2) is 0 Å². The van der Waals surface area contributed by atoms with Gasteiger partial charge in [0.25, 0.3) is 5.91 Å². The number of ether oxygens (including phenoxy) is 1. The van der Waals surface area contributed by atoms with Crippen LogP contribution in [0.3, 0.4) is 0 Å². The zero-order valence-electron chi connectivity index (χ0n) is 15.9. The van der Waals surface area contributed by atoms with Crippen LogP contribution < -0.4 is 10.1 Å². The summed E-state index contributed by atoms with van der Waals surface area (Å²) in [5, 5.41) is 3.08. The molecule has 27 heavy (non-hydrogen) atoms. The van der Waals surface area contributed by atoms with Crippen molar-refractivity contribution in [3.8, 4) is 21.9 Å². The monoisotopic (exact) mass is 379 g/mol. The predicted octanol–water partition coefficient (Wildman–Crippen LogP) is 6.37. The Morgan fingerprint density at radius 3 is 2.26 bits per heavy atom. The minimum atomic E-state index is 0.00318. The van der Waals surface area contributed by atoms with Crippen LogP contribution in [0.25, 0.3) is 10.4 Å². The van der Waals surface area contributed by atoms with E-state index in [1.807, 2.05) is 66.7 Å². The Hall–Kier alpha value is -2.59. The van der Waals surface area contributed by atoms with Crippen LogP contribution in [-0.2, 0) is 0 Å². The van der Waals surface area contributed by atoms with Gasteiger partial charge in [-0.2, -0.15) is 0 Å². The van der Waals surface area contributed by atoms with E-state index in [-0.39, 0.29) is 11.9 Å². The summed E-state index contributed by atoms with van der Waals surface area (Å²) in [6.45, 7) is 6.38. The average Bonchev–Trinajstić information content (AvgIpc) is 3.13. The number of amides is 1. The lowest BCUT2D eigenvalue weighted by molar-refractivity contribution is 0.0940. The maximum Gasteiger partial charge on any atom is 0.261 e. The van der Waals surface area contributed by atoms with E-state index in [9.17, 15) is 4.79 Å². The van der Waals surface area contributed by atoms with Crippen LogP contribution in [0.5, 0.6) is 11.5 Å². The predicted molar refractivity (Wildman–Crippen MR) is 113 cm³/mol. The lowest BCUT2D eigenvalue weighted by atomic mass is 10.1. The number of hydrogen-bond acceptors (Lipinski definition) is 3. The Kier molecular flexibility index (Phi) is 6.30. The van der Waals surface area contributed by atoms with Crippen LogP contribution in [0.2, 0.25) is 0 Å². The second-order valence-corrected chi connectivity index (χ2v) is 8.19. The zero-order chi connectivity index (χ0) is 19.2. The molecule has 1 atom stereocenters. The van der Waals surface area contributed by atoms with Crippen LogP contribution in [0, 0.1) is 5.92 Å². The smallest absolute Gasteiger partial charge is 0.261 e. The van der Waals surface area contributed by atoms with E-state index >= 15 is 0 Å². The fourth-order valence-electron chi connectivity index (χ4n) is 2.99. The molecule has 0 aliphatic carbocycles. The zero-order valence-corrected chi connectivity index (χ0v) is 16.8.